The van der Waals surface area contributed by atoms with Crippen molar-refractivity contribution in [3.05, 3.63) is 70.4 Å². The lowest BCUT2D eigenvalue weighted by molar-refractivity contribution is -0.635. The number of carbonyl (C=O) groups is 1. The molecule has 0 unspecified atom stereocenters. The van der Waals surface area contributed by atoms with Gasteiger partial charge in [0, 0.05) is 16.8 Å². The third kappa shape index (κ3) is 2.63. The van der Waals surface area contributed by atoms with Gasteiger partial charge in [-0.15, -0.1) is 0 Å². The summed E-state index contributed by atoms with van der Waals surface area (Å²) < 4.78 is 63.1. The number of hydrogen-bond acceptors (Lipinski definition) is 7. The molecule has 11 nitrogen and oxygen atoms in total. The van der Waals surface area contributed by atoms with Gasteiger partial charge in [0.05, 0.1) is 6.07 Å². The maximum atomic E-state index is 13.3. The van der Waals surface area contributed by atoms with E-state index in [1.54, 1.807) is 18.2 Å². The molecule has 156 valence electrons. The lowest BCUT2D eigenvalue weighted by Gasteiger charge is -2.11. The van der Waals surface area contributed by atoms with Crippen LogP contribution in [0.1, 0.15) is 15.9 Å². The first-order valence-corrected chi connectivity index (χ1v) is 11.5. The van der Waals surface area contributed by atoms with Crippen LogP contribution in [-0.4, -0.2) is 28.6 Å². The molecule has 0 atom stereocenters. The quantitative estimate of drug-likeness (QED) is 0.228. The molecule has 2 heterocycles. The smallest absolute Gasteiger partial charge is 0.213 e. The normalized spacial score (nSPS) is 14.8. The summed E-state index contributed by atoms with van der Waals surface area (Å²) in [5.41, 5.74) is 0.792. The number of amidine groups is 1. The van der Waals surface area contributed by atoms with Crippen molar-refractivity contribution >= 4 is 42.8 Å². The van der Waals surface area contributed by atoms with Crippen LogP contribution in [-0.2, 0) is 28.8 Å². The zero-order valence-corrected chi connectivity index (χ0v) is 17.2. The highest BCUT2D eigenvalue weighted by Gasteiger charge is 2.48. The van der Waals surface area contributed by atoms with Gasteiger partial charge in [-0.1, -0.05) is 20.7 Å². The third-order valence-electron chi connectivity index (χ3n) is 5.17. The summed E-state index contributed by atoms with van der Waals surface area (Å²) in [6.45, 7) is 0. The van der Waals surface area contributed by atoms with E-state index in [0.29, 0.717) is 21.7 Å². The Bertz CT molecular complexity index is 1740. The minimum atomic E-state index is -4.12. The standard InChI is InChI=1S/C18H14N4O7S2/c19-28-30(24,25)9-4-6-14-13(8-9)21-17-11-5-7-15(31(26,27)29-20)10-2-1-3-12(16(10)11)18(23)22(14)17/h1-8H,19-20H3/q+4. The van der Waals surface area contributed by atoms with Crippen molar-refractivity contribution in [2.24, 2.45) is 0 Å². The van der Waals surface area contributed by atoms with Gasteiger partial charge in [0.2, 0.25) is 0 Å². The van der Waals surface area contributed by atoms with Crippen LogP contribution in [0.2, 0.25) is 0 Å². The Balaban J connectivity index is 1.90. The zero-order valence-electron chi connectivity index (χ0n) is 15.6. The number of carbonyl (C=O) groups excluding carboxylic acids is 1. The Labute approximate surface area is 174 Å². The number of nitrogens with zero attached hydrogens (tertiary/aromatic N) is 2. The Morgan fingerprint density at radius 1 is 0.871 bits per heavy atom. The first-order valence-electron chi connectivity index (χ1n) is 8.70. The summed E-state index contributed by atoms with van der Waals surface area (Å²) in [5.74, 6) is 5.78. The molecule has 0 saturated heterocycles. The molecular formula is C18H14N4O7S2+4. The second-order valence-corrected chi connectivity index (χ2v) is 9.91. The van der Waals surface area contributed by atoms with Crippen molar-refractivity contribution in [1.82, 2.24) is 9.24 Å². The summed E-state index contributed by atoms with van der Waals surface area (Å²) >= 11 is 0. The predicted molar refractivity (Wildman–Crippen MR) is 103 cm³/mol. The van der Waals surface area contributed by atoms with Crippen molar-refractivity contribution in [3.63, 3.8) is 0 Å². The fourth-order valence-electron chi connectivity index (χ4n) is 3.82. The van der Waals surface area contributed by atoms with Crippen molar-refractivity contribution in [1.29, 1.82) is 0 Å². The number of amides is 1. The second kappa shape index (κ2) is 6.35. The van der Waals surface area contributed by atoms with Gasteiger partial charge in [-0.3, -0.25) is 0 Å². The van der Waals surface area contributed by atoms with Crippen molar-refractivity contribution in [2.75, 3.05) is 0 Å². The molecule has 0 aliphatic carbocycles. The van der Waals surface area contributed by atoms with Gasteiger partial charge in [-0.05, 0) is 33.5 Å². The molecule has 0 bridgehead atoms. The average Bonchev–Trinajstić information content (AvgIpc) is 3.16. The van der Waals surface area contributed by atoms with Crippen LogP contribution in [0.4, 0.5) is 0 Å². The molecule has 0 saturated carbocycles. The molecule has 0 radical (unpaired) electrons. The highest BCUT2D eigenvalue weighted by molar-refractivity contribution is 7.87. The highest BCUT2D eigenvalue weighted by atomic mass is 32.2. The molecular weight excluding hydrogens is 448 g/mol. The van der Waals surface area contributed by atoms with Crippen LogP contribution in [0.15, 0.2) is 58.3 Å². The van der Waals surface area contributed by atoms with Crippen molar-refractivity contribution in [3.8, 4) is 0 Å². The van der Waals surface area contributed by atoms with E-state index in [-0.39, 0.29) is 26.5 Å². The van der Waals surface area contributed by atoms with Crippen molar-refractivity contribution in [2.45, 2.75) is 9.79 Å². The lowest BCUT2D eigenvalue weighted by atomic mass is 9.94. The van der Waals surface area contributed by atoms with Crippen LogP contribution in [0.5, 0.6) is 0 Å². The molecule has 0 aromatic heterocycles. The van der Waals surface area contributed by atoms with E-state index in [1.165, 1.54) is 34.9 Å². The van der Waals surface area contributed by atoms with Gasteiger partial charge >= 0.3 is 42.7 Å². The summed E-state index contributed by atoms with van der Waals surface area (Å²) in [5, 5.41) is 1.34. The Hall–Kier alpha value is -3.29. The monoisotopic (exact) mass is 462 g/mol. The molecule has 0 fully saturated rings. The summed E-state index contributed by atoms with van der Waals surface area (Å²) in [6.07, 6.45) is 0. The van der Waals surface area contributed by atoms with Crippen LogP contribution in [0.25, 0.3) is 10.8 Å². The molecule has 1 amide bonds. The lowest BCUT2D eigenvalue weighted by Crippen LogP contribution is -2.51. The average molecular weight is 462 g/mol. The topological polar surface area (TPSA) is 176 Å². The number of benzene rings is 3. The molecule has 3 aromatic rings. The molecule has 0 spiro atoms. The fourth-order valence-corrected chi connectivity index (χ4v) is 5.24. The Morgan fingerprint density at radius 3 is 2.32 bits per heavy atom. The van der Waals surface area contributed by atoms with Crippen LogP contribution < -0.4 is 31.8 Å². The Morgan fingerprint density at radius 2 is 1.61 bits per heavy atom. The maximum absolute atomic E-state index is 13.3. The second-order valence-electron chi connectivity index (χ2n) is 6.71. The summed E-state index contributed by atoms with van der Waals surface area (Å²) in [4.78, 5) is 13.0. The summed E-state index contributed by atoms with van der Waals surface area (Å²) in [6, 6.07) is 11.6. The van der Waals surface area contributed by atoms with E-state index in [1.807, 2.05) is 0 Å². The first kappa shape index (κ1) is 19.7. The van der Waals surface area contributed by atoms with E-state index in [4.69, 9.17) is 0 Å². The van der Waals surface area contributed by atoms with E-state index < -0.39 is 26.1 Å². The van der Waals surface area contributed by atoms with Gasteiger partial charge in [0.1, 0.15) is 20.9 Å². The van der Waals surface area contributed by atoms with E-state index >= 15 is 0 Å². The third-order valence-corrected chi connectivity index (χ3v) is 7.52. The van der Waals surface area contributed by atoms with E-state index in [9.17, 15) is 21.6 Å². The van der Waals surface area contributed by atoms with Crippen LogP contribution in [0.3, 0.4) is 0 Å². The SMILES string of the molecule is [NH3+]OS(=O)(=O)c1ccc2c(c1)=[N+]=C1c3ccc(S(=O)(=O)O[NH3+])c4cccc(c34)C(=O)[N+]=21. The van der Waals surface area contributed by atoms with Gasteiger partial charge in [0.25, 0.3) is 0 Å². The highest BCUT2D eigenvalue weighted by Crippen LogP contribution is 2.32. The predicted octanol–water partition coefficient (Wildman–Crippen LogP) is -3.64. The van der Waals surface area contributed by atoms with Gasteiger partial charge in [-0.25, -0.2) is 4.79 Å². The fraction of sp³-hybridized carbons (Fsp3) is 0. The van der Waals surface area contributed by atoms with Gasteiger partial charge in [0.15, 0.2) is 0 Å². The number of rotatable bonds is 4. The number of quaternary nitrogens is 2. The van der Waals surface area contributed by atoms with Gasteiger partial charge in [-0.2, -0.15) is 28.6 Å². The van der Waals surface area contributed by atoms with Crippen LogP contribution in [0, 0.1) is 0 Å². The van der Waals surface area contributed by atoms with Crippen molar-refractivity contribution < 1.29 is 42.0 Å². The molecule has 31 heavy (non-hydrogen) atoms. The molecule has 5 rings (SSSR count). The zero-order chi connectivity index (χ0) is 22.1. The summed E-state index contributed by atoms with van der Waals surface area (Å²) in [7, 11) is -8.18. The minimum Gasteiger partial charge on any atom is -0.213 e. The Kier molecular flexibility index (Phi) is 4.03. The maximum Gasteiger partial charge on any atom is 0.575 e. The molecule has 2 aliphatic rings. The minimum absolute atomic E-state index is 0.124. The number of hydrogen-bond donors (Lipinski definition) is 2. The van der Waals surface area contributed by atoms with Gasteiger partial charge < -0.3 is 0 Å². The largest absolute Gasteiger partial charge is 0.575 e. The molecule has 3 aromatic carbocycles. The molecule has 2 aliphatic heterocycles. The van der Waals surface area contributed by atoms with E-state index in [0.717, 1.165) is 0 Å². The number of fused-ring (bicyclic) bond motifs is 3. The molecule has 13 heteroatoms. The first-order chi connectivity index (χ1) is 14.7. The van der Waals surface area contributed by atoms with Crippen LogP contribution >= 0.6 is 0 Å². The molecule has 6 N–H and O–H groups in total. The van der Waals surface area contributed by atoms with E-state index in [2.05, 4.69) is 25.0 Å².